The van der Waals surface area contributed by atoms with Crippen molar-refractivity contribution in [1.29, 1.82) is 0 Å². The maximum atomic E-state index is 12.7. The number of hydrogen-bond acceptors (Lipinski definition) is 3. The highest BCUT2D eigenvalue weighted by molar-refractivity contribution is 7.90. The van der Waals surface area contributed by atoms with Crippen molar-refractivity contribution in [3.8, 4) is 0 Å². The van der Waals surface area contributed by atoms with Gasteiger partial charge in [0, 0.05) is 17.3 Å². The van der Waals surface area contributed by atoms with Crippen molar-refractivity contribution in [1.82, 2.24) is 8.96 Å². The maximum absolute atomic E-state index is 12.7. The van der Waals surface area contributed by atoms with Crippen molar-refractivity contribution < 1.29 is 8.42 Å². The summed E-state index contributed by atoms with van der Waals surface area (Å²) in [5.74, 6) is 0. The Labute approximate surface area is 117 Å². The molecular weight excluding hydrogens is 272 g/mol. The van der Waals surface area contributed by atoms with Gasteiger partial charge in [0.05, 0.1) is 16.1 Å². The van der Waals surface area contributed by atoms with Crippen molar-refractivity contribution in [2.24, 2.45) is 0 Å². The van der Waals surface area contributed by atoms with Crippen LogP contribution in [0.5, 0.6) is 0 Å². The van der Waals surface area contributed by atoms with Gasteiger partial charge in [-0.15, -0.1) is 0 Å². The van der Waals surface area contributed by atoms with Crippen LogP contribution in [-0.2, 0) is 10.0 Å². The third-order valence-corrected chi connectivity index (χ3v) is 4.92. The van der Waals surface area contributed by atoms with E-state index in [9.17, 15) is 8.42 Å². The van der Waals surface area contributed by atoms with Gasteiger partial charge in [-0.1, -0.05) is 18.2 Å². The number of fused-ring (bicyclic) bond motifs is 1. The van der Waals surface area contributed by atoms with Crippen molar-refractivity contribution in [3.63, 3.8) is 0 Å². The summed E-state index contributed by atoms with van der Waals surface area (Å²) in [6, 6.07) is 12.1. The first kappa shape index (κ1) is 12.9. The number of aryl methyl sites for hydroxylation is 2. The molecule has 0 amide bonds. The topological polar surface area (TPSA) is 52.0 Å². The van der Waals surface area contributed by atoms with Gasteiger partial charge < -0.3 is 0 Å². The van der Waals surface area contributed by atoms with Gasteiger partial charge in [0.15, 0.2) is 0 Å². The van der Waals surface area contributed by atoms with Gasteiger partial charge in [0.2, 0.25) is 0 Å². The molecule has 5 heteroatoms. The summed E-state index contributed by atoms with van der Waals surface area (Å²) in [6.07, 6.45) is 1.58. The highest BCUT2D eigenvalue weighted by Crippen LogP contribution is 2.24. The molecule has 0 aliphatic carbocycles. The van der Waals surface area contributed by atoms with Gasteiger partial charge in [-0.3, -0.25) is 4.98 Å². The van der Waals surface area contributed by atoms with Gasteiger partial charge in [-0.05, 0) is 38.1 Å². The fourth-order valence-corrected chi connectivity index (χ4v) is 3.82. The van der Waals surface area contributed by atoms with Gasteiger partial charge in [0.25, 0.3) is 10.0 Å². The first-order valence-corrected chi connectivity index (χ1v) is 7.70. The van der Waals surface area contributed by atoms with Crippen molar-refractivity contribution in [2.45, 2.75) is 18.7 Å². The molecule has 3 aromatic rings. The molecule has 2 heterocycles. The molecule has 0 bridgehead atoms. The first-order chi connectivity index (χ1) is 9.50. The number of rotatable bonds is 2. The number of benzene rings is 1. The lowest BCUT2D eigenvalue weighted by atomic mass is 10.2. The number of aromatic nitrogens is 2. The Kier molecular flexibility index (Phi) is 2.87. The van der Waals surface area contributed by atoms with Crippen LogP contribution in [0.2, 0.25) is 0 Å². The SMILES string of the molecule is Cc1cc2ccn(S(=O)(=O)c3ccccc3)c2c(C)n1. The van der Waals surface area contributed by atoms with E-state index in [-0.39, 0.29) is 4.90 Å². The molecule has 102 valence electrons. The third-order valence-electron chi connectivity index (χ3n) is 3.23. The fourth-order valence-electron chi connectivity index (χ4n) is 2.39. The zero-order valence-electron chi connectivity index (χ0n) is 11.2. The molecule has 0 saturated heterocycles. The minimum absolute atomic E-state index is 0.275. The van der Waals surface area contributed by atoms with E-state index in [4.69, 9.17) is 0 Å². The Hall–Kier alpha value is -2.14. The van der Waals surface area contributed by atoms with Gasteiger partial charge in [-0.25, -0.2) is 12.4 Å². The van der Waals surface area contributed by atoms with Crippen LogP contribution in [0, 0.1) is 13.8 Å². The lowest BCUT2D eigenvalue weighted by Gasteiger charge is -2.09. The van der Waals surface area contributed by atoms with Crippen LogP contribution in [0.15, 0.2) is 53.6 Å². The largest absolute Gasteiger partial charge is 0.268 e. The van der Waals surface area contributed by atoms with E-state index >= 15 is 0 Å². The molecule has 0 radical (unpaired) electrons. The number of hydrogen-bond donors (Lipinski definition) is 0. The predicted molar refractivity (Wildman–Crippen MR) is 78.2 cm³/mol. The van der Waals surface area contributed by atoms with E-state index in [2.05, 4.69) is 4.98 Å². The van der Waals surface area contributed by atoms with Crippen LogP contribution >= 0.6 is 0 Å². The van der Waals surface area contributed by atoms with E-state index in [0.717, 1.165) is 11.1 Å². The third kappa shape index (κ3) is 1.91. The quantitative estimate of drug-likeness (QED) is 0.728. The molecule has 3 rings (SSSR count). The molecule has 2 aromatic heterocycles. The lowest BCUT2D eigenvalue weighted by Crippen LogP contribution is -2.12. The van der Waals surface area contributed by atoms with Crippen LogP contribution in [-0.4, -0.2) is 17.4 Å². The summed E-state index contributed by atoms with van der Waals surface area (Å²) in [7, 11) is -3.58. The van der Waals surface area contributed by atoms with E-state index in [1.165, 1.54) is 3.97 Å². The fraction of sp³-hybridized carbons (Fsp3) is 0.133. The highest BCUT2D eigenvalue weighted by Gasteiger charge is 2.19. The van der Waals surface area contributed by atoms with Crippen LogP contribution in [0.1, 0.15) is 11.4 Å². The normalized spacial score (nSPS) is 11.9. The van der Waals surface area contributed by atoms with E-state index < -0.39 is 10.0 Å². The Morgan fingerprint density at radius 2 is 1.75 bits per heavy atom. The summed E-state index contributed by atoms with van der Waals surface area (Å²) in [6.45, 7) is 3.72. The molecule has 0 saturated carbocycles. The van der Waals surface area contributed by atoms with Gasteiger partial charge in [-0.2, -0.15) is 0 Å². The lowest BCUT2D eigenvalue weighted by molar-refractivity contribution is 0.589. The van der Waals surface area contributed by atoms with E-state index in [0.29, 0.717) is 11.2 Å². The van der Waals surface area contributed by atoms with E-state index in [1.807, 2.05) is 19.9 Å². The molecule has 1 aromatic carbocycles. The first-order valence-electron chi connectivity index (χ1n) is 6.26. The molecule has 0 aliphatic rings. The summed E-state index contributed by atoms with van der Waals surface area (Å²) in [4.78, 5) is 4.63. The molecule has 0 N–H and O–H groups in total. The summed E-state index contributed by atoms with van der Waals surface area (Å²) < 4.78 is 26.7. The second kappa shape index (κ2) is 4.45. The highest BCUT2D eigenvalue weighted by atomic mass is 32.2. The van der Waals surface area contributed by atoms with Crippen LogP contribution in [0.4, 0.5) is 0 Å². The molecule has 4 nitrogen and oxygen atoms in total. The van der Waals surface area contributed by atoms with Crippen molar-refractivity contribution in [3.05, 3.63) is 60.0 Å². The van der Waals surface area contributed by atoms with Gasteiger partial charge in [0.1, 0.15) is 0 Å². The van der Waals surface area contributed by atoms with E-state index in [1.54, 1.807) is 42.6 Å². The molecule has 0 spiro atoms. The molecule has 0 aliphatic heterocycles. The Balaban J connectivity index is 2.31. The molecule has 20 heavy (non-hydrogen) atoms. The zero-order chi connectivity index (χ0) is 14.3. The summed E-state index contributed by atoms with van der Waals surface area (Å²) in [5.41, 5.74) is 2.23. The standard InChI is InChI=1S/C15H14N2O2S/c1-11-10-13-8-9-17(15(13)12(2)16-11)20(18,19)14-6-4-3-5-7-14/h3-10H,1-2H3. The van der Waals surface area contributed by atoms with Gasteiger partial charge >= 0.3 is 0 Å². The Morgan fingerprint density at radius 3 is 2.45 bits per heavy atom. The minimum Gasteiger partial charge on any atom is -0.256 e. The second-order valence-electron chi connectivity index (χ2n) is 4.72. The predicted octanol–water partition coefficient (Wildman–Crippen LogP) is 2.89. The number of nitrogens with zero attached hydrogens (tertiary/aromatic N) is 2. The van der Waals surface area contributed by atoms with Crippen molar-refractivity contribution in [2.75, 3.05) is 0 Å². The maximum Gasteiger partial charge on any atom is 0.268 e. The Morgan fingerprint density at radius 1 is 1.05 bits per heavy atom. The molecule has 0 unspecified atom stereocenters. The summed E-state index contributed by atoms with van der Waals surface area (Å²) in [5, 5.41) is 0.884. The number of pyridine rings is 1. The molecule has 0 fully saturated rings. The average Bonchev–Trinajstić information content (AvgIpc) is 2.84. The molecular formula is C15H14N2O2S. The second-order valence-corrected chi connectivity index (χ2v) is 6.53. The molecule has 0 atom stereocenters. The monoisotopic (exact) mass is 286 g/mol. The average molecular weight is 286 g/mol. The van der Waals surface area contributed by atoms with Crippen molar-refractivity contribution >= 4 is 20.9 Å². The van der Waals surface area contributed by atoms with Crippen LogP contribution in [0.25, 0.3) is 10.9 Å². The summed E-state index contributed by atoms with van der Waals surface area (Å²) >= 11 is 0. The Bertz CT molecular complexity index is 881. The van der Waals surface area contributed by atoms with Crippen LogP contribution in [0.3, 0.4) is 0 Å². The zero-order valence-corrected chi connectivity index (χ0v) is 12.1. The van der Waals surface area contributed by atoms with Crippen LogP contribution < -0.4 is 0 Å². The smallest absolute Gasteiger partial charge is 0.256 e. The minimum atomic E-state index is -3.58.